The number of phenols is 1. The number of rotatable bonds is 5. The molecule has 1 atom stereocenters. The van der Waals surface area contributed by atoms with Crippen molar-refractivity contribution in [2.45, 2.75) is 6.08 Å². The molecule has 0 heterocycles. The molecule has 3 heteroatoms. The van der Waals surface area contributed by atoms with Crippen LogP contribution in [-0.2, 0) is 0 Å². The average molecular weight is 176 g/mol. The second-order valence-electron chi connectivity index (χ2n) is 2.08. The van der Waals surface area contributed by atoms with Gasteiger partial charge < -0.3 is 15.5 Å². The lowest BCUT2D eigenvalue weighted by Gasteiger charge is -2.09. The van der Waals surface area contributed by atoms with Crippen LogP contribution < -0.4 is 5.31 Å². The molecule has 0 aliphatic heterocycles. The maximum Gasteiger partial charge on any atom is 0.293 e. The van der Waals surface area contributed by atoms with E-state index in [2.05, 4.69) is 10.2 Å². The molecule has 0 saturated carbocycles. The minimum atomic E-state index is -3.18. The third-order valence-electron chi connectivity index (χ3n) is 1.25. The largest absolute Gasteiger partial charge is 0.508 e. The van der Waals surface area contributed by atoms with E-state index in [1.165, 1.54) is 18.2 Å². The van der Waals surface area contributed by atoms with Gasteiger partial charge in [-0.3, -0.25) is 0 Å². The Kier molecular flexibility index (Phi) is 0.926. The molecule has 66 valence electrons. The summed E-state index contributed by atoms with van der Waals surface area (Å²) in [5, 5.41) is 7.90. The van der Waals surface area contributed by atoms with Gasteiger partial charge in [0.1, 0.15) is 7.16 Å². The summed E-state index contributed by atoms with van der Waals surface area (Å²) < 4.78 is 65.7. The van der Waals surface area contributed by atoms with E-state index in [0.717, 1.165) is 6.07 Å². The Morgan fingerprint density at radius 2 is 3.00 bits per heavy atom. The molecule has 0 amide bonds. The normalized spacial score (nSPS) is 28.6. The van der Waals surface area contributed by atoms with Crippen molar-refractivity contribution >= 4 is 0 Å². The Hall–Kier alpha value is -1.06. The maximum atomic E-state index is 7.98. The van der Waals surface area contributed by atoms with Gasteiger partial charge in [-0.25, -0.2) is 0 Å². The smallest absolute Gasteiger partial charge is 0.293 e. The van der Waals surface area contributed by atoms with E-state index >= 15 is 0 Å². The highest BCUT2D eigenvalue weighted by molar-refractivity contribution is 5.28. The van der Waals surface area contributed by atoms with E-state index in [1.54, 1.807) is 0 Å². The predicted octanol–water partition coefficient (Wildman–Crippen LogP) is 0.645. The number of nitrogens with one attached hydrogen (secondary N) is 1. The minimum absolute atomic E-state index is 0.0533. The van der Waals surface area contributed by atoms with Crippen molar-refractivity contribution in [3.05, 3.63) is 29.8 Å². The van der Waals surface area contributed by atoms with Crippen LogP contribution in [0, 0.1) is 0 Å². The van der Waals surface area contributed by atoms with Crippen molar-refractivity contribution in [3.8, 4) is 5.75 Å². The van der Waals surface area contributed by atoms with Gasteiger partial charge in [-0.15, -0.1) is 0 Å². The number of benzene rings is 1. The first-order valence-corrected chi connectivity index (χ1v) is 3.18. The number of aromatic hydroxyl groups is 1. The predicted molar refractivity (Wildman–Crippen MR) is 47.0 cm³/mol. The number of hydrogen-bond acceptors (Lipinski definition) is 3. The second kappa shape index (κ2) is 4.09. The van der Waals surface area contributed by atoms with E-state index < -0.39 is 24.9 Å². The van der Waals surface area contributed by atoms with Crippen LogP contribution in [0.15, 0.2) is 24.3 Å². The van der Waals surface area contributed by atoms with E-state index in [4.69, 9.17) is 12.5 Å². The first-order chi connectivity index (χ1) is 9.50. The lowest BCUT2D eigenvalue weighted by Crippen LogP contribution is -2.16. The number of likely N-dealkylation sites (N-methyl/N-ethyl adjacent to an activating group) is 1. The van der Waals surface area contributed by atoms with Crippen LogP contribution in [0.3, 0.4) is 0 Å². The Morgan fingerprint density at radius 3 is 3.75 bits per heavy atom. The molecule has 3 nitrogen and oxygen atoms in total. The molecule has 12 heavy (non-hydrogen) atoms. The third kappa shape index (κ3) is 2.22. The van der Waals surface area contributed by atoms with Crippen molar-refractivity contribution in [1.82, 2.24) is 5.31 Å². The molecular formula is C9H13NO2. The van der Waals surface area contributed by atoms with Crippen LogP contribution in [0.2, 0.25) is 1.41 Å². The maximum absolute atomic E-state index is 7.98. The van der Waals surface area contributed by atoms with Gasteiger partial charge in [-0.05, 0) is 24.7 Å². The summed E-state index contributed by atoms with van der Waals surface area (Å²) in [6.07, 6.45) is -2.84. The highest BCUT2D eigenvalue weighted by Crippen LogP contribution is 2.17. The number of aliphatic hydroxyl groups is 1. The van der Waals surface area contributed by atoms with Crippen LogP contribution in [0.4, 0.5) is 0 Å². The van der Waals surface area contributed by atoms with E-state index in [0.29, 0.717) is 0 Å². The van der Waals surface area contributed by atoms with Gasteiger partial charge >= 0.3 is 0 Å². The highest BCUT2D eigenvalue weighted by Gasteiger charge is 2.05. The number of phenolic OH excluding ortho intramolecular Hbond substituents is 1. The van der Waals surface area contributed by atoms with Crippen LogP contribution in [0.1, 0.15) is 19.9 Å². The summed E-state index contributed by atoms with van der Waals surface area (Å²) in [6, 6.07) is 4.93. The van der Waals surface area contributed by atoms with Gasteiger partial charge in [0, 0.05) is 13.4 Å². The van der Waals surface area contributed by atoms with Gasteiger partial charge in [-0.1, -0.05) is 12.1 Å². The highest BCUT2D eigenvalue weighted by atomic mass is 16.3. The summed E-state index contributed by atoms with van der Waals surface area (Å²) in [5.41, 5.74) is -0.270. The summed E-state index contributed by atoms with van der Waals surface area (Å²) in [6.45, 7) is -6.33. The van der Waals surface area contributed by atoms with Gasteiger partial charge in [-0.2, -0.15) is 0 Å². The molecule has 0 radical (unpaired) electrons. The Balaban J connectivity index is 3.36. The van der Waals surface area contributed by atoms with Crippen LogP contribution in [-0.4, -0.2) is 26.6 Å². The molecule has 0 bridgehead atoms. The topological polar surface area (TPSA) is 52.5 Å². The van der Waals surface area contributed by atoms with Crippen molar-refractivity contribution in [1.29, 1.82) is 2.86 Å². The van der Waals surface area contributed by atoms with Crippen molar-refractivity contribution in [2.75, 3.05) is 13.5 Å². The lowest BCUT2D eigenvalue weighted by atomic mass is 10.1. The van der Waals surface area contributed by atoms with Crippen molar-refractivity contribution in [2.24, 2.45) is 0 Å². The van der Waals surface area contributed by atoms with E-state index in [9.17, 15) is 0 Å². The summed E-state index contributed by atoms with van der Waals surface area (Å²) in [7, 11) is 0. The molecule has 1 aromatic rings. The Bertz CT molecular complexity index is 494. The average Bonchev–Trinajstić information content (AvgIpc) is 2.44. The van der Waals surface area contributed by atoms with Crippen molar-refractivity contribution in [3.63, 3.8) is 0 Å². The first-order valence-electron chi connectivity index (χ1n) is 7.44. The molecule has 1 aromatic carbocycles. The molecule has 0 spiro atoms. The molecule has 1 unspecified atom stereocenters. The summed E-state index contributed by atoms with van der Waals surface area (Å²) in [5.74, 6) is -0.0533. The molecule has 0 aromatic heterocycles. The summed E-state index contributed by atoms with van der Waals surface area (Å²) >= 11 is 0. The van der Waals surface area contributed by atoms with E-state index in [1.807, 2.05) is 0 Å². The van der Waals surface area contributed by atoms with Crippen LogP contribution >= 0.6 is 0 Å². The molecule has 1 rings (SSSR count). The zero-order chi connectivity index (χ0) is 16.5. The van der Waals surface area contributed by atoms with Crippen LogP contribution in [0.25, 0.3) is 0 Å². The summed E-state index contributed by atoms with van der Waals surface area (Å²) in [4.78, 5) is 0. The lowest BCUT2D eigenvalue weighted by molar-refractivity contribution is 0.177. The monoisotopic (exact) mass is 176 g/mol. The Labute approximate surface area is 84.5 Å². The molecule has 0 fully saturated rings. The quantitative estimate of drug-likeness (QED) is 0.617. The second-order valence-corrected chi connectivity index (χ2v) is 2.08. The fourth-order valence-electron chi connectivity index (χ4n) is 0.753. The van der Waals surface area contributed by atoms with Crippen LogP contribution in [0.5, 0.6) is 5.75 Å². The fourth-order valence-corrected chi connectivity index (χ4v) is 0.753. The first kappa shape index (κ1) is 2.72. The van der Waals surface area contributed by atoms with E-state index in [-0.39, 0.29) is 11.3 Å². The fraction of sp³-hybridized carbons (Fsp3) is 0.333. The van der Waals surface area contributed by atoms with Gasteiger partial charge in [0.05, 0.1) is 7.45 Å². The standard InChI is InChI=1S/C9H13NO2/c1-10-6-9(12)7-3-2-4-8(11)5-7/h2-5,9-12H,6H2,1H3/i1D3,6D2,9D,12D/hD2. The molecule has 0 aliphatic rings. The molecular weight excluding hydrogens is 154 g/mol. The zero-order valence-corrected chi connectivity index (χ0v) is 6.07. The third-order valence-corrected chi connectivity index (χ3v) is 1.25. The van der Waals surface area contributed by atoms with Gasteiger partial charge in [0.2, 0.25) is 1.43 Å². The number of hydrogen-bond donors (Lipinski definition) is 3. The zero-order valence-electron chi connectivity index (χ0n) is 15.1. The molecule has 0 saturated heterocycles. The minimum Gasteiger partial charge on any atom is -0.508 e. The SMILES string of the molecule is [2H]Oc1cccc(C([2H])(O[2H])C([2H])([2H])N([2H])C([2H])([2H])[2H])c1. The van der Waals surface area contributed by atoms with Gasteiger partial charge in [0.25, 0.3) is 1.43 Å². The molecule has 0 aliphatic carbocycles. The van der Waals surface area contributed by atoms with Crippen molar-refractivity contribution < 1.29 is 19.9 Å². The molecule has 3 N–H and O–H groups in total. The van der Waals surface area contributed by atoms with Gasteiger partial charge in [0.15, 0.2) is 0 Å². The Morgan fingerprint density at radius 1 is 2.00 bits per heavy atom.